The SMILES string of the molecule is Cc1ccc(O[C@H]2SC[C@@H](O)[C@H](O)[C@H]2O)c(F)n1. The number of aliphatic hydroxyl groups excluding tert-OH is 3. The van der Waals surface area contributed by atoms with Crippen LogP contribution in [0.5, 0.6) is 5.75 Å². The Labute approximate surface area is 108 Å². The first kappa shape index (κ1) is 13.5. The summed E-state index contributed by atoms with van der Waals surface area (Å²) < 4.78 is 18.7. The average molecular weight is 275 g/mol. The summed E-state index contributed by atoms with van der Waals surface area (Å²) in [5, 5.41) is 28.6. The molecule has 0 radical (unpaired) electrons. The Balaban J connectivity index is 2.09. The van der Waals surface area contributed by atoms with Gasteiger partial charge >= 0.3 is 0 Å². The molecule has 5 nitrogen and oxygen atoms in total. The van der Waals surface area contributed by atoms with Crippen LogP contribution in [0.3, 0.4) is 0 Å². The first-order chi connectivity index (χ1) is 8.49. The third-order valence-corrected chi connectivity index (χ3v) is 3.89. The van der Waals surface area contributed by atoms with Gasteiger partial charge < -0.3 is 20.1 Å². The van der Waals surface area contributed by atoms with Crippen LogP contribution in [0.1, 0.15) is 5.69 Å². The van der Waals surface area contributed by atoms with E-state index in [9.17, 15) is 19.7 Å². The van der Waals surface area contributed by atoms with Crippen LogP contribution in [0.2, 0.25) is 0 Å². The summed E-state index contributed by atoms with van der Waals surface area (Å²) in [6.45, 7) is 1.65. The summed E-state index contributed by atoms with van der Waals surface area (Å²) >= 11 is 1.11. The van der Waals surface area contributed by atoms with Gasteiger partial charge in [-0.2, -0.15) is 4.39 Å². The van der Waals surface area contributed by atoms with E-state index in [2.05, 4.69) is 4.98 Å². The van der Waals surface area contributed by atoms with E-state index in [1.807, 2.05) is 0 Å². The van der Waals surface area contributed by atoms with Crippen molar-refractivity contribution in [2.75, 3.05) is 5.75 Å². The second-order valence-corrected chi connectivity index (χ2v) is 5.24. The number of halogens is 1. The molecule has 100 valence electrons. The van der Waals surface area contributed by atoms with Gasteiger partial charge in [-0.25, -0.2) is 4.98 Å². The highest BCUT2D eigenvalue weighted by atomic mass is 32.2. The Morgan fingerprint density at radius 3 is 2.72 bits per heavy atom. The van der Waals surface area contributed by atoms with Gasteiger partial charge in [0.15, 0.2) is 11.2 Å². The van der Waals surface area contributed by atoms with Crippen molar-refractivity contribution >= 4 is 11.8 Å². The van der Waals surface area contributed by atoms with Crippen molar-refractivity contribution in [3.63, 3.8) is 0 Å². The summed E-state index contributed by atoms with van der Waals surface area (Å²) in [6, 6.07) is 3.01. The zero-order valence-corrected chi connectivity index (χ0v) is 10.5. The zero-order chi connectivity index (χ0) is 13.3. The number of hydrogen-bond donors (Lipinski definition) is 3. The molecule has 0 aliphatic carbocycles. The molecule has 1 saturated heterocycles. The van der Waals surface area contributed by atoms with Crippen molar-refractivity contribution in [3.05, 3.63) is 23.8 Å². The van der Waals surface area contributed by atoms with Crippen LogP contribution in [-0.2, 0) is 0 Å². The van der Waals surface area contributed by atoms with Gasteiger partial charge in [0.1, 0.15) is 12.2 Å². The zero-order valence-electron chi connectivity index (χ0n) is 9.65. The van der Waals surface area contributed by atoms with Crippen LogP contribution < -0.4 is 4.74 Å². The van der Waals surface area contributed by atoms with E-state index in [1.54, 1.807) is 13.0 Å². The predicted molar refractivity (Wildman–Crippen MR) is 63.8 cm³/mol. The van der Waals surface area contributed by atoms with Gasteiger partial charge in [-0.3, -0.25) is 0 Å². The topological polar surface area (TPSA) is 82.8 Å². The van der Waals surface area contributed by atoms with Crippen LogP contribution in [0, 0.1) is 12.9 Å². The van der Waals surface area contributed by atoms with Gasteiger partial charge in [0.25, 0.3) is 5.95 Å². The third-order valence-electron chi connectivity index (χ3n) is 2.65. The van der Waals surface area contributed by atoms with Gasteiger partial charge in [-0.05, 0) is 19.1 Å². The number of aryl methyl sites for hydroxylation is 1. The lowest BCUT2D eigenvalue weighted by molar-refractivity contribution is -0.0790. The molecule has 2 heterocycles. The van der Waals surface area contributed by atoms with Gasteiger partial charge in [0, 0.05) is 11.4 Å². The number of thioether (sulfide) groups is 1. The van der Waals surface area contributed by atoms with Crippen molar-refractivity contribution in [3.8, 4) is 5.75 Å². The lowest BCUT2D eigenvalue weighted by atomic mass is 10.1. The Bertz CT molecular complexity index is 434. The maximum atomic E-state index is 13.5. The molecule has 3 N–H and O–H groups in total. The van der Waals surface area contributed by atoms with Crippen molar-refractivity contribution in [2.24, 2.45) is 0 Å². The summed E-state index contributed by atoms with van der Waals surface area (Å²) in [7, 11) is 0. The number of rotatable bonds is 2. The standard InChI is InChI=1S/C11H14FNO4S/c1-5-2-3-7(10(12)13-5)17-11-9(16)8(15)6(14)4-18-11/h2-3,6,8-9,11,14-16H,4H2,1H3/t6-,8+,9-,11+/m1/s1. The van der Waals surface area contributed by atoms with Gasteiger partial charge in [-0.15, -0.1) is 11.8 Å². The summed E-state index contributed by atoms with van der Waals surface area (Å²) in [5.41, 5.74) is -0.311. The quantitative estimate of drug-likeness (QED) is 0.662. The summed E-state index contributed by atoms with van der Waals surface area (Å²) in [6.07, 6.45) is -3.58. The number of aliphatic hydroxyl groups is 3. The number of hydrogen-bond acceptors (Lipinski definition) is 6. The van der Waals surface area contributed by atoms with E-state index in [-0.39, 0.29) is 11.5 Å². The lowest BCUT2D eigenvalue weighted by Gasteiger charge is -2.34. The first-order valence-electron chi connectivity index (χ1n) is 5.44. The molecule has 1 fully saturated rings. The fourth-order valence-electron chi connectivity index (χ4n) is 1.61. The molecule has 0 amide bonds. The van der Waals surface area contributed by atoms with Crippen LogP contribution in [-0.4, -0.2) is 49.8 Å². The van der Waals surface area contributed by atoms with Crippen LogP contribution in [0.4, 0.5) is 4.39 Å². The summed E-state index contributed by atoms with van der Waals surface area (Å²) in [4.78, 5) is 3.60. The maximum Gasteiger partial charge on any atom is 0.255 e. The highest BCUT2D eigenvalue weighted by Gasteiger charge is 2.38. The van der Waals surface area contributed by atoms with Crippen molar-refractivity contribution in [2.45, 2.75) is 30.7 Å². The number of nitrogens with zero attached hydrogens (tertiary/aromatic N) is 1. The van der Waals surface area contributed by atoms with Gasteiger partial charge in [-0.1, -0.05) is 0 Å². The minimum absolute atomic E-state index is 0.0826. The molecular weight excluding hydrogens is 261 g/mol. The molecule has 0 saturated carbocycles. The fourth-order valence-corrected chi connectivity index (χ4v) is 2.72. The third kappa shape index (κ3) is 2.74. The lowest BCUT2D eigenvalue weighted by Crippen LogP contribution is -2.50. The predicted octanol–water partition coefficient (Wildman–Crippen LogP) is 0.0635. The molecule has 2 rings (SSSR count). The Kier molecular flexibility index (Phi) is 4.06. The van der Waals surface area contributed by atoms with Crippen LogP contribution in [0.15, 0.2) is 12.1 Å². The Morgan fingerprint density at radius 1 is 1.33 bits per heavy atom. The van der Waals surface area contributed by atoms with Crippen molar-refractivity contribution < 1.29 is 24.4 Å². The van der Waals surface area contributed by atoms with E-state index in [1.165, 1.54) is 6.07 Å². The van der Waals surface area contributed by atoms with E-state index < -0.39 is 29.7 Å². The molecule has 0 aromatic carbocycles. The van der Waals surface area contributed by atoms with Gasteiger partial charge in [0.05, 0.1) is 6.10 Å². The van der Waals surface area contributed by atoms with Crippen molar-refractivity contribution in [1.29, 1.82) is 0 Å². The molecule has 0 unspecified atom stereocenters. The highest BCUT2D eigenvalue weighted by Crippen LogP contribution is 2.29. The normalized spacial score (nSPS) is 32.3. The first-order valence-corrected chi connectivity index (χ1v) is 6.49. The number of pyridine rings is 1. The molecule has 18 heavy (non-hydrogen) atoms. The molecule has 1 aromatic rings. The molecule has 7 heteroatoms. The molecular formula is C11H14FNO4S. The second-order valence-electron chi connectivity index (χ2n) is 4.11. The van der Waals surface area contributed by atoms with Crippen LogP contribution >= 0.6 is 11.8 Å². The maximum absolute atomic E-state index is 13.5. The van der Waals surface area contributed by atoms with Gasteiger partial charge in [0.2, 0.25) is 0 Å². The number of ether oxygens (including phenoxy) is 1. The highest BCUT2D eigenvalue weighted by molar-refractivity contribution is 7.99. The minimum atomic E-state index is -1.29. The molecule has 0 bridgehead atoms. The van der Waals surface area contributed by atoms with E-state index in [0.717, 1.165) is 11.8 Å². The average Bonchev–Trinajstić information content (AvgIpc) is 2.33. The minimum Gasteiger partial charge on any atom is -0.472 e. The molecule has 1 aliphatic rings. The monoisotopic (exact) mass is 275 g/mol. The molecule has 0 spiro atoms. The fraction of sp³-hybridized carbons (Fsp3) is 0.545. The van der Waals surface area contributed by atoms with E-state index >= 15 is 0 Å². The largest absolute Gasteiger partial charge is 0.472 e. The molecule has 1 aromatic heterocycles. The second kappa shape index (κ2) is 5.40. The van der Waals surface area contributed by atoms with E-state index in [0.29, 0.717) is 5.69 Å². The van der Waals surface area contributed by atoms with E-state index in [4.69, 9.17) is 4.74 Å². The molecule has 4 atom stereocenters. The smallest absolute Gasteiger partial charge is 0.255 e. The number of aromatic nitrogens is 1. The van der Waals surface area contributed by atoms with Crippen molar-refractivity contribution in [1.82, 2.24) is 4.98 Å². The van der Waals surface area contributed by atoms with Crippen LogP contribution in [0.25, 0.3) is 0 Å². The Hall–Kier alpha value is -0.890. The molecule has 1 aliphatic heterocycles. The summed E-state index contributed by atoms with van der Waals surface area (Å²) in [5.74, 6) is -0.631. The Morgan fingerprint density at radius 2 is 2.06 bits per heavy atom.